The van der Waals surface area contributed by atoms with Crippen molar-refractivity contribution in [1.29, 1.82) is 0 Å². The maximum absolute atomic E-state index is 11.4. The van der Waals surface area contributed by atoms with Gasteiger partial charge in [-0.15, -0.1) is 23.5 Å². The van der Waals surface area contributed by atoms with Crippen LogP contribution in [0.5, 0.6) is 0 Å². The number of nitrogens with zero attached hydrogens (tertiary/aromatic N) is 4. The molecule has 4 heterocycles. The van der Waals surface area contributed by atoms with E-state index < -0.39 is 11.4 Å². The molecule has 2 aliphatic heterocycles. The Morgan fingerprint density at radius 3 is 1.60 bits per heavy atom. The van der Waals surface area contributed by atoms with Crippen molar-refractivity contribution in [3.63, 3.8) is 0 Å². The van der Waals surface area contributed by atoms with Gasteiger partial charge in [-0.2, -0.15) is 9.97 Å². The second kappa shape index (κ2) is 10.3. The summed E-state index contributed by atoms with van der Waals surface area (Å²) in [6.07, 6.45) is 2.37. The summed E-state index contributed by atoms with van der Waals surface area (Å²) in [7, 11) is 0. The Bertz CT molecular complexity index is 894. The SMILES string of the molecule is Nc1ccn([C@H]2CS[C@@H](CO)O2)c(=O)n1.Nc1ccn([C@H]2CS[C@@H](CO)O2)c(=O)n1. The molecule has 0 bridgehead atoms. The van der Waals surface area contributed by atoms with Crippen LogP contribution < -0.4 is 22.8 Å². The summed E-state index contributed by atoms with van der Waals surface area (Å²) in [6, 6.07) is 3.09. The molecule has 164 valence electrons. The van der Waals surface area contributed by atoms with Crippen molar-refractivity contribution in [2.24, 2.45) is 0 Å². The number of thioether (sulfide) groups is 2. The lowest BCUT2D eigenvalue weighted by Gasteiger charge is -2.13. The van der Waals surface area contributed by atoms with Gasteiger partial charge in [0.25, 0.3) is 0 Å². The molecule has 0 unspecified atom stereocenters. The smallest absolute Gasteiger partial charge is 0.351 e. The predicted molar refractivity (Wildman–Crippen MR) is 113 cm³/mol. The topological polar surface area (TPSA) is 181 Å². The maximum atomic E-state index is 11.4. The van der Waals surface area contributed by atoms with Gasteiger partial charge >= 0.3 is 11.4 Å². The third kappa shape index (κ3) is 5.53. The molecule has 2 fully saturated rings. The van der Waals surface area contributed by atoms with E-state index in [0.29, 0.717) is 11.5 Å². The van der Waals surface area contributed by atoms with Crippen molar-refractivity contribution in [2.45, 2.75) is 23.3 Å². The molecule has 4 rings (SSSR count). The molecule has 0 saturated carbocycles. The van der Waals surface area contributed by atoms with E-state index in [1.165, 1.54) is 32.7 Å². The zero-order valence-corrected chi connectivity index (χ0v) is 17.4. The first-order valence-corrected chi connectivity index (χ1v) is 11.0. The van der Waals surface area contributed by atoms with Gasteiger partial charge in [-0.3, -0.25) is 9.13 Å². The van der Waals surface area contributed by atoms with Gasteiger partial charge in [-0.1, -0.05) is 0 Å². The van der Waals surface area contributed by atoms with E-state index in [1.54, 1.807) is 24.5 Å². The van der Waals surface area contributed by atoms with Crippen molar-refractivity contribution in [1.82, 2.24) is 19.1 Å². The Morgan fingerprint density at radius 2 is 1.30 bits per heavy atom. The van der Waals surface area contributed by atoms with Gasteiger partial charge < -0.3 is 31.2 Å². The lowest BCUT2D eigenvalue weighted by atomic mass is 10.5. The quantitative estimate of drug-likeness (QED) is 0.431. The summed E-state index contributed by atoms with van der Waals surface area (Å²) in [5, 5.41) is 17.8. The minimum atomic E-state index is -0.431. The highest BCUT2D eigenvalue weighted by Gasteiger charge is 2.28. The summed E-state index contributed by atoms with van der Waals surface area (Å²) in [6.45, 7) is -0.114. The van der Waals surface area contributed by atoms with Crippen molar-refractivity contribution in [3.05, 3.63) is 45.5 Å². The highest BCUT2D eigenvalue weighted by atomic mass is 32.2. The van der Waals surface area contributed by atoms with Crippen molar-refractivity contribution in [2.75, 3.05) is 36.2 Å². The first kappa shape index (κ1) is 22.6. The molecule has 12 nitrogen and oxygen atoms in total. The van der Waals surface area contributed by atoms with Crippen LogP contribution >= 0.6 is 23.5 Å². The van der Waals surface area contributed by atoms with Crippen molar-refractivity contribution >= 4 is 35.2 Å². The standard InChI is InChI=1S/2C8H11N3O3S/c2*9-5-1-2-11(8(13)10-5)6-4-15-7(3-12)14-6/h2*1-2,6-7,12H,3-4H2,(H2,9,10,13)/t2*6-,7+/m11/s1. The minimum absolute atomic E-state index is 0.0572. The van der Waals surface area contributed by atoms with E-state index in [4.69, 9.17) is 31.2 Å². The molecule has 6 N–H and O–H groups in total. The van der Waals surface area contributed by atoms with Crippen molar-refractivity contribution in [3.8, 4) is 0 Å². The lowest BCUT2D eigenvalue weighted by molar-refractivity contribution is -0.00634. The normalized spacial score (nSPS) is 25.7. The van der Waals surface area contributed by atoms with Gasteiger partial charge in [0.1, 0.15) is 35.0 Å². The molecule has 2 saturated heterocycles. The number of nitrogen functional groups attached to an aromatic ring is 2. The lowest BCUT2D eigenvalue weighted by Crippen LogP contribution is -2.28. The molecule has 2 aromatic rings. The summed E-state index contributed by atoms with van der Waals surface area (Å²) in [5.74, 6) is 1.63. The first-order valence-electron chi connectivity index (χ1n) is 8.86. The molecule has 2 aliphatic rings. The fraction of sp³-hybridized carbons (Fsp3) is 0.500. The van der Waals surface area contributed by atoms with E-state index in [2.05, 4.69) is 9.97 Å². The average molecular weight is 459 g/mol. The number of aliphatic hydroxyl groups is 2. The Morgan fingerprint density at radius 1 is 0.900 bits per heavy atom. The van der Waals surface area contributed by atoms with E-state index in [1.807, 2.05) is 0 Å². The van der Waals surface area contributed by atoms with Gasteiger partial charge in [-0.05, 0) is 12.1 Å². The van der Waals surface area contributed by atoms with E-state index in [9.17, 15) is 9.59 Å². The van der Waals surface area contributed by atoms with Crippen LogP contribution in [-0.4, -0.2) is 64.9 Å². The highest BCUT2D eigenvalue weighted by molar-refractivity contribution is 8.00. The molecular weight excluding hydrogens is 436 g/mol. The third-order valence-corrected chi connectivity index (χ3v) is 6.31. The Kier molecular flexibility index (Phi) is 7.74. The molecule has 0 spiro atoms. The number of hydrogen-bond acceptors (Lipinski definition) is 12. The van der Waals surface area contributed by atoms with E-state index >= 15 is 0 Å². The van der Waals surface area contributed by atoms with E-state index in [0.717, 1.165) is 0 Å². The van der Waals surface area contributed by atoms with Gasteiger partial charge in [0.2, 0.25) is 0 Å². The maximum Gasteiger partial charge on any atom is 0.351 e. The molecule has 0 radical (unpaired) electrons. The molecule has 0 amide bonds. The molecular formula is C16H22N6O6S2. The highest BCUT2D eigenvalue weighted by Crippen LogP contribution is 2.31. The van der Waals surface area contributed by atoms with Gasteiger partial charge in [0, 0.05) is 23.9 Å². The van der Waals surface area contributed by atoms with Gasteiger partial charge in [-0.25, -0.2) is 9.59 Å². The Balaban J connectivity index is 0.000000171. The number of rotatable bonds is 4. The molecule has 2 aromatic heterocycles. The number of anilines is 2. The van der Waals surface area contributed by atoms with Crippen LogP contribution in [0.1, 0.15) is 12.5 Å². The second-order valence-electron chi connectivity index (χ2n) is 6.16. The van der Waals surface area contributed by atoms with Crippen molar-refractivity contribution < 1.29 is 19.7 Å². The summed E-state index contributed by atoms with van der Waals surface area (Å²) >= 11 is 2.93. The summed E-state index contributed by atoms with van der Waals surface area (Å²) in [5.41, 5.74) is 9.35. The number of aliphatic hydroxyl groups excluding tert-OH is 2. The van der Waals surface area contributed by atoms with Crippen LogP contribution in [0, 0.1) is 0 Å². The summed E-state index contributed by atoms with van der Waals surface area (Å²) < 4.78 is 13.6. The number of ether oxygens (including phenoxy) is 2. The Hall–Kier alpha value is -2.10. The zero-order chi connectivity index (χ0) is 21.7. The fourth-order valence-corrected chi connectivity index (χ4v) is 4.52. The number of aromatic nitrogens is 4. The monoisotopic (exact) mass is 458 g/mol. The number of hydrogen-bond donors (Lipinski definition) is 4. The van der Waals surface area contributed by atoms with Crippen LogP contribution in [-0.2, 0) is 9.47 Å². The molecule has 14 heteroatoms. The van der Waals surface area contributed by atoms with E-state index in [-0.39, 0.29) is 48.2 Å². The summed E-state index contributed by atoms with van der Waals surface area (Å²) in [4.78, 5) is 30.1. The van der Waals surface area contributed by atoms with Crippen LogP contribution in [0.4, 0.5) is 11.6 Å². The third-order valence-electron chi connectivity index (χ3n) is 4.09. The minimum Gasteiger partial charge on any atom is -0.393 e. The molecule has 0 aliphatic carbocycles. The predicted octanol–water partition coefficient (Wildman–Crippen LogP) is -1.19. The van der Waals surface area contributed by atoms with Crippen LogP contribution in [0.25, 0.3) is 0 Å². The fourth-order valence-electron chi connectivity index (χ4n) is 2.66. The number of nitrogens with two attached hydrogens (primary N) is 2. The van der Waals surface area contributed by atoms with Crippen LogP contribution in [0.3, 0.4) is 0 Å². The van der Waals surface area contributed by atoms with Gasteiger partial charge in [0.05, 0.1) is 13.2 Å². The molecule has 0 aromatic carbocycles. The largest absolute Gasteiger partial charge is 0.393 e. The molecule has 30 heavy (non-hydrogen) atoms. The van der Waals surface area contributed by atoms with Crippen LogP contribution in [0.15, 0.2) is 34.1 Å². The van der Waals surface area contributed by atoms with Crippen LogP contribution in [0.2, 0.25) is 0 Å². The second-order valence-corrected chi connectivity index (χ2v) is 8.54. The Labute approximate surface area is 179 Å². The van der Waals surface area contributed by atoms with Gasteiger partial charge in [0.15, 0.2) is 0 Å². The zero-order valence-electron chi connectivity index (χ0n) is 15.7. The first-order chi connectivity index (χ1) is 14.4. The average Bonchev–Trinajstić information content (AvgIpc) is 3.38. The molecule has 4 atom stereocenters.